The summed E-state index contributed by atoms with van der Waals surface area (Å²) in [6, 6.07) is 5.06. The zero-order valence-electron chi connectivity index (χ0n) is 11.3. The van der Waals surface area contributed by atoms with E-state index in [1.165, 1.54) is 11.3 Å². The molecule has 0 aromatic carbocycles. The highest BCUT2D eigenvalue weighted by molar-refractivity contribution is 7.15. The molecule has 2 aromatic rings. The van der Waals surface area contributed by atoms with Gasteiger partial charge in [0, 0.05) is 19.3 Å². The summed E-state index contributed by atoms with van der Waals surface area (Å²) in [4.78, 5) is 15.6. The Morgan fingerprint density at radius 2 is 2.29 bits per heavy atom. The van der Waals surface area contributed by atoms with Crippen LogP contribution in [0.4, 0.5) is 15.7 Å². The van der Waals surface area contributed by atoms with Gasteiger partial charge >= 0.3 is 6.03 Å². The van der Waals surface area contributed by atoms with Crippen molar-refractivity contribution in [2.24, 2.45) is 0 Å². The van der Waals surface area contributed by atoms with Crippen LogP contribution >= 0.6 is 11.3 Å². The zero-order chi connectivity index (χ0) is 15.1. The van der Waals surface area contributed by atoms with Crippen molar-refractivity contribution in [3.63, 3.8) is 0 Å². The number of nitrogens with one attached hydrogen (secondary N) is 3. The number of aryl methyl sites for hydroxylation is 1. The van der Waals surface area contributed by atoms with E-state index in [0.29, 0.717) is 29.6 Å². The molecule has 0 unspecified atom stereocenters. The first-order chi connectivity index (χ1) is 10.2. The van der Waals surface area contributed by atoms with E-state index in [9.17, 15) is 4.79 Å². The lowest BCUT2D eigenvalue weighted by atomic mass is 10.3. The van der Waals surface area contributed by atoms with Crippen molar-refractivity contribution in [3.05, 3.63) is 28.9 Å². The molecule has 0 bridgehead atoms. The average molecular weight is 303 g/mol. The molecule has 2 amide bonds. The summed E-state index contributed by atoms with van der Waals surface area (Å²) in [6.07, 6.45) is 1.60. The third kappa shape index (κ3) is 4.39. The van der Waals surface area contributed by atoms with Gasteiger partial charge in [-0.1, -0.05) is 11.3 Å². The Hall–Kier alpha value is -2.73. The molecule has 0 saturated heterocycles. The van der Waals surface area contributed by atoms with E-state index in [4.69, 9.17) is 5.26 Å². The smallest absolute Gasteiger partial charge is 0.321 e. The van der Waals surface area contributed by atoms with Crippen molar-refractivity contribution in [1.82, 2.24) is 20.5 Å². The van der Waals surface area contributed by atoms with E-state index in [2.05, 4.69) is 31.1 Å². The van der Waals surface area contributed by atoms with Crippen molar-refractivity contribution in [1.29, 1.82) is 5.26 Å². The lowest BCUT2D eigenvalue weighted by molar-refractivity contribution is 0.252. The zero-order valence-corrected chi connectivity index (χ0v) is 12.1. The molecule has 0 spiro atoms. The Balaban J connectivity index is 1.72. The number of amides is 2. The van der Waals surface area contributed by atoms with Crippen molar-refractivity contribution >= 4 is 28.3 Å². The fraction of sp³-hybridized carbons (Fsp3) is 0.250. The maximum atomic E-state index is 11.6. The van der Waals surface area contributed by atoms with Gasteiger partial charge in [0.25, 0.3) is 0 Å². The number of hydrogen-bond acceptors (Lipinski definition) is 7. The van der Waals surface area contributed by atoms with Gasteiger partial charge in [-0.2, -0.15) is 5.26 Å². The molecule has 0 saturated carbocycles. The molecular weight excluding hydrogens is 290 g/mol. The highest BCUT2D eigenvalue weighted by Crippen LogP contribution is 2.13. The summed E-state index contributed by atoms with van der Waals surface area (Å²) in [5, 5.41) is 26.0. The monoisotopic (exact) mass is 303 g/mol. The molecule has 0 fully saturated rings. The lowest BCUT2D eigenvalue weighted by Gasteiger charge is -2.08. The van der Waals surface area contributed by atoms with Crippen LogP contribution in [0.15, 0.2) is 18.3 Å². The van der Waals surface area contributed by atoms with Gasteiger partial charge in [-0.3, -0.25) is 5.32 Å². The molecule has 3 N–H and O–H groups in total. The standard InChI is InChI=1S/C12H13N7OS/c1-8-18-19-12(21-8)17-11(20)16-6-5-15-10-9(7-13)3-2-4-14-10/h2-4H,5-6H2,1H3,(H,14,15)(H2,16,17,19,20). The largest absolute Gasteiger partial charge is 0.367 e. The molecule has 0 aliphatic heterocycles. The molecule has 9 heteroatoms. The minimum absolute atomic E-state index is 0.352. The van der Waals surface area contributed by atoms with Gasteiger partial charge in [-0.15, -0.1) is 10.2 Å². The number of anilines is 2. The van der Waals surface area contributed by atoms with Gasteiger partial charge in [-0.25, -0.2) is 9.78 Å². The molecule has 0 aliphatic carbocycles. The van der Waals surface area contributed by atoms with Crippen LogP contribution in [0.2, 0.25) is 0 Å². The molecule has 2 heterocycles. The first-order valence-corrected chi connectivity index (χ1v) is 6.94. The van der Waals surface area contributed by atoms with Gasteiger partial charge in [0.05, 0.1) is 5.56 Å². The van der Waals surface area contributed by atoms with Crippen molar-refractivity contribution < 1.29 is 4.79 Å². The number of nitrogens with zero attached hydrogens (tertiary/aromatic N) is 4. The average Bonchev–Trinajstić information content (AvgIpc) is 2.89. The van der Waals surface area contributed by atoms with Crippen LogP contribution in [0.1, 0.15) is 10.6 Å². The Morgan fingerprint density at radius 3 is 3.00 bits per heavy atom. The summed E-state index contributed by atoms with van der Waals surface area (Å²) in [5.41, 5.74) is 0.464. The van der Waals surface area contributed by atoms with Crippen LogP contribution in [0.25, 0.3) is 0 Å². The Kier molecular flexibility index (Phi) is 5.00. The van der Waals surface area contributed by atoms with E-state index in [1.807, 2.05) is 13.0 Å². The van der Waals surface area contributed by atoms with Crippen LogP contribution in [0, 0.1) is 18.3 Å². The number of pyridine rings is 1. The van der Waals surface area contributed by atoms with E-state index >= 15 is 0 Å². The summed E-state index contributed by atoms with van der Waals surface area (Å²) in [5.74, 6) is 0.502. The molecule has 2 aromatic heterocycles. The lowest BCUT2D eigenvalue weighted by Crippen LogP contribution is -2.32. The summed E-state index contributed by atoms with van der Waals surface area (Å²) < 4.78 is 0. The minimum Gasteiger partial charge on any atom is -0.367 e. The molecular formula is C12H13N7OS. The second-order valence-electron chi connectivity index (χ2n) is 3.95. The predicted octanol–water partition coefficient (Wildman–Crippen LogP) is 1.35. The van der Waals surface area contributed by atoms with E-state index < -0.39 is 0 Å². The number of aromatic nitrogens is 3. The van der Waals surface area contributed by atoms with Crippen LogP contribution in [-0.2, 0) is 0 Å². The fourth-order valence-electron chi connectivity index (χ4n) is 1.48. The first-order valence-electron chi connectivity index (χ1n) is 6.13. The summed E-state index contributed by atoms with van der Waals surface area (Å²) >= 11 is 1.30. The fourth-order valence-corrected chi connectivity index (χ4v) is 2.07. The molecule has 0 radical (unpaired) electrons. The van der Waals surface area contributed by atoms with Gasteiger partial charge in [0.15, 0.2) is 0 Å². The van der Waals surface area contributed by atoms with Gasteiger partial charge < -0.3 is 10.6 Å². The van der Waals surface area contributed by atoms with Gasteiger partial charge in [0.2, 0.25) is 5.13 Å². The van der Waals surface area contributed by atoms with Crippen molar-refractivity contribution in [3.8, 4) is 6.07 Å². The second kappa shape index (κ2) is 7.16. The molecule has 8 nitrogen and oxygen atoms in total. The topological polar surface area (TPSA) is 116 Å². The number of urea groups is 1. The Morgan fingerprint density at radius 1 is 1.43 bits per heavy atom. The molecule has 21 heavy (non-hydrogen) atoms. The first kappa shape index (κ1) is 14.7. The quantitative estimate of drug-likeness (QED) is 0.718. The number of carbonyl (C=O) groups is 1. The van der Waals surface area contributed by atoms with Crippen LogP contribution in [-0.4, -0.2) is 34.3 Å². The molecule has 2 rings (SSSR count). The molecule has 0 atom stereocenters. The maximum absolute atomic E-state index is 11.6. The van der Waals surface area contributed by atoms with E-state index in [0.717, 1.165) is 5.01 Å². The number of hydrogen-bond donors (Lipinski definition) is 3. The predicted molar refractivity (Wildman–Crippen MR) is 79.1 cm³/mol. The van der Waals surface area contributed by atoms with Gasteiger partial charge in [0.1, 0.15) is 16.9 Å². The molecule has 108 valence electrons. The summed E-state index contributed by atoms with van der Waals surface area (Å²) in [7, 11) is 0. The Bertz CT molecular complexity index is 664. The number of nitriles is 1. The van der Waals surface area contributed by atoms with Crippen molar-refractivity contribution in [2.45, 2.75) is 6.92 Å². The third-order valence-electron chi connectivity index (χ3n) is 2.38. The normalized spacial score (nSPS) is 9.71. The van der Waals surface area contributed by atoms with Crippen LogP contribution in [0.3, 0.4) is 0 Å². The second-order valence-corrected chi connectivity index (χ2v) is 5.13. The highest BCUT2D eigenvalue weighted by Gasteiger charge is 2.05. The van der Waals surface area contributed by atoms with Crippen LogP contribution < -0.4 is 16.0 Å². The SMILES string of the molecule is Cc1nnc(NC(=O)NCCNc2ncccc2C#N)s1. The van der Waals surface area contributed by atoms with E-state index in [-0.39, 0.29) is 6.03 Å². The minimum atomic E-state index is -0.352. The highest BCUT2D eigenvalue weighted by atomic mass is 32.1. The van der Waals surface area contributed by atoms with Crippen molar-refractivity contribution in [2.75, 3.05) is 23.7 Å². The third-order valence-corrected chi connectivity index (χ3v) is 3.13. The summed E-state index contributed by atoms with van der Waals surface area (Å²) in [6.45, 7) is 2.64. The molecule has 0 aliphatic rings. The number of rotatable bonds is 5. The Labute approximate surface area is 125 Å². The van der Waals surface area contributed by atoms with E-state index in [1.54, 1.807) is 18.3 Å². The maximum Gasteiger partial charge on any atom is 0.321 e. The number of carbonyl (C=O) groups excluding carboxylic acids is 1. The van der Waals surface area contributed by atoms with Gasteiger partial charge in [-0.05, 0) is 19.1 Å². The van der Waals surface area contributed by atoms with Crippen LogP contribution in [0.5, 0.6) is 0 Å².